The number of hydrogen-bond donors (Lipinski definition) is 2. The van der Waals surface area contributed by atoms with E-state index in [0.29, 0.717) is 41.9 Å². The molecule has 0 spiro atoms. The van der Waals surface area contributed by atoms with Gasteiger partial charge in [0.2, 0.25) is 11.8 Å². The lowest BCUT2D eigenvalue weighted by atomic mass is 9.94. The normalized spacial score (nSPS) is 24.8. The Morgan fingerprint density at radius 2 is 1.14 bits per heavy atom. The average Bonchev–Trinajstić information content (AvgIpc) is 3.93. The summed E-state index contributed by atoms with van der Waals surface area (Å²) >= 11 is 0. The van der Waals surface area contributed by atoms with Gasteiger partial charge in [-0.1, -0.05) is 72.8 Å². The lowest BCUT2D eigenvalue weighted by Gasteiger charge is -2.18. The van der Waals surface area contributed by atoms with E-state index in [2.05, 4.69) is 39.9 Å². The second-order valence-electron chi connectivity index (χ2n) is 16.2. The summed E-state index contributed by atoms with van der Waals surface area (Å²) in [5.41, 5.74) is 3.48. The first-order valence-corrected chi connectivity index (χ1v) is 20.1. The van der Waals surface area contributed by atoms with Crippen LogP contribution < -0.4 is 10.6 Å². The van der Waals surface area contributed by atoms with Crippen molar-refractivity contribution < 1.29 is 32.3 Å². The molecule has 4 aliphatic rings. The number of alkyl halides is 3. The maximum absolute atomic E-state index is 13.9. The van der Waals surface area contributed by atoms with E-state index in [0.717, 1.165) is 36.1 Å². The molecular weight excluding hydrogens is 758 g/mol. The van der Waals surface area contributed by atoms with Crippen molar-refractivity contribution in [3.63, 3.8) is 0 Å². The number of halogens is 3. The molecular formula is C46H43F3N6O4. The van der Waals surface area contributed by atoms with E-state index in [1.165, 1.54) is 12.1 Å². The molecule has 2 saturated carbocycles. The third kappa shape index (κ3) is 8.10. The van der Waals surface area contributed by atoms with Crippen LogP contribution in [0.5, 0.6) is 0 Å². The Labute approximate surface area is 339 Å². The Morgan fingerprint density at radius 3 is 1.64 bits per heavy atom. The zero-order valence-corrected chi connectivity index (χ0v) is 32.1. The van der Waals surface area contributed by atoms with E-state index in [1.54, 1.807) is 46.6 Å². The predicted molar refractivity (Wildman–Crippen MR) is 213 cm³/mol. The van der Waals surface area contributed by atoms with Crippen LogP contribution in [0.2, 0.25) is 0 Å². The highest BCUT2D eigenvalue weighted by atomic mass is 19.4. The second kappa shape index (κ2) is 15.5. The van der Waals surface area contributed by atoms with Gasteiger partial charge in [-0.05, 0) is 66.8 Å². The highest BCUT2D eigenvalue weighted by Gasteiger charge is 2.49. The van der Waals surface area contributed by atoms with Crippen LogP contribution in [0.4, 0.5) is 13.2 Å². The Hall–Kier alpha value is -6.24. The van der Waals surface area contributed by atoms with Gasteiger partial charge in [0, 0.05) is 73.0 Å². The fraction of sp³-hybridized carbons (Fsp3) is 0.326. The molecule has 2 saturated heterocycles. The largest absolute Gasteiger partial charge is 0.416 e. The lowest BCUT2D eigenvalue weighted by Crippen LogP contribution is -2.43. The molecule has 2 N–H and O–H groups in total. The number of rotatable bonds is 10. The Bertz CT molecular complexity index is 2280. The van der Waals surface area contributed by atoms with Gasteiger partial charge in [0.15, 0.2) is 0 Å². The van der Waals surface area contributed by atoms with Gasteiger partial charge in [-0.2, -0.15) is 13.2 Å². The van der Waals surface area contributed by atoms with Crippen LogP contribution in [0.25, 0.3) is 11.3 Å². The van der Waals surface area contributed by atoms with Crippen molar-refractivity contribution in [2.45, 2.75) is 55.4 Å². The van der Waals surface area contributed by atoms with Crippen molar-refractivity contribution in [1.82, 2.24) is 30.0 Å². The van der Waals surface area contributed by atoms with Crippen LogP contribution in [0, 0.1) is 11.8 Å². The Morgan fingerprint density at radius 1 is 0.627 bits per heavy atom. The molecule has 1 aromatic heterocycles. The molecule has 3 heterocycles. The first-order chi connectivity index (χ1) is 28.5. The standard InChI is InChI=1S/C46H43F3N6O4/c47-46(48,49)33-17-15-30(16-18-33)41-26-55(27-50-41)34-19-20-53(23-34)44(58)31-11-13-32(14-12-31)45(59)54-24-37(42(56)51-39-21-35(39)28-7-3-1-4-8-28)38(25-54)43(57)52-40-22-36(40)29-9-5-2-6-10-29/h1-18,26-27,34-40H,19-25H2,(H,51,56)(H,52,57)/t34-,35-,36-,37-,38-,39+,40+/m1/s1. The number of nitrogens with zero attached hydrogens (tertiary/aromatic N) is 4. The molecule has 4 fully saturated rings. The number of nitrogens with one attached hydrogen (secondary N) is 2. The third-order valence-electron chi connectivity index (χ3n) is 12.3. The fourth-order valence-electron chi connectivity index (χ4n) is 8.73. The molecule has 5 aromatic rings. The molecule has 59 heavy (non-hydrogen) atoms. The minimum absolute atomic E-state index is 0.0228. The van der Waals surface area contributed by atoms with Gasteiger partial charge in [-0.25, -0.2) is 4.98 Å². The second-order valence-corrected chi connectivity index (χ2v) is 16.2. The van der Waals surface area contributed by atoms with Crippen molar-refractivity contribution >= 4 is 23.6 Å². The van der Waals surface area contributed by atoms with Crippen LogP contribution in [-0.2, 0) is 15.8 Å². The molecule has 4 amide bonds. The molecule has 10 nitrogen and oxygen atoms in total. The zero-order valence-electron chi connectivity index (χ0n) is 32.1. The minimum atomic E-state index is -4.42. The number of carbonyl (C=O) groups is 4. The smallest absolute Gasteiger partial charge is 0.352 e. The average molecular weight is 801 g/mol. The maximum atomic E-state index is 13.9. The van der Waals surface area contributed by atoms with E-state index < -0.39 is 23.6 Å². The summed E-state index contributed by atoms with van der Waals surface area (Å²) in [5.74, 6) is -1.94. The van der Waals surface area contributed by atoms with E-state index in [1.807, 2.05) is 41.0 Å². The molecule has 302 valence electrons. The van der Waals surface area contributed by atoms with Crippen molar-refractivity contribution in [2.24, 2.45) is 11.8 Å². The van der Waals surface area contributed by atoms with Gasteiger partial charge in [-0.3, -0.25) is 19.2 Å². The SMILES string of the molecule is O=C(N[C@H]1C[C@@H]1c1ccccc1)[C@@H]1CN(C(=O)c2ccc(C(=O)N3CC[C@@H](n4cnc(-c5ccc(C(F)(F)F)cc5)c4)C3)cc2)C[C@H]1C(=O)N[C@H]1C[C@@H]1c1ccccc1. The molecule has 0 radical (unpaired) electrons. The molecule has 9 rings (SSSR count). The predicted octanol–water partition coefficient (Wildman–Crippen LogP) is 6.69. The highest BCUT2D eigenvalue weighted by molar-refractivity contribution is 5.99. The zero-order chi connectivity index (χ0) is 40.8. The maximum Gasteiger partial charge on any atom is 0.416 e. The molecule has 7 atom stereocenters. The number of aromatic nitrogens is 2. The summed E-state index contributed by atoms with van der Waals surface area (Å²) in [6, 6.07) is 31.3. The lowest BCUT2D eigenvalue weighted by molar-refractivity contribution is -0.137. The molecule has 0 bridgehead atoms. The summed E-state index contributed by atoms with van der Waals surface area (Å²) in [5, 5.41) is 6.34. The highest BCUT2D eigenvalue weighted by Crippen LogP contribution is 2.43. The van der Waals surface area contributed by atoms with Gasteiger partial charge in [0.05, 0.1) is 35.5 Å². The summed E-state index contributed by atoms with van der Waals surface area (Å²) in [4.78, 5) is 62.9. The van der Waals surface area contributed by atoms with Crippen molar-refractivity contribution in [3.05, 3.63) is 150 Å². The van der Waals surface area contributed by atoms with E-state index in [4.69, 9.17) is 0 Å². The first-order valence-electron chi connectivity index (χ1n) is 20.1. The van der Waals surface area contributed by atoms with Crippen LogP contribution in [0.1, 0.15) is 74.5 Å². The number of imidazole rings is 1. The number of benzene rings is 4. The van der Waals surface area contributed by atoms with Crippen LogP contribution in [-0.4, -0.2) is 81.2 Å². The summed E-state index contributed by atoms with van der Waals surface area (Å²) in [6.07, 6.45) is 1.31. The van der Waals surface area contributed by atoms with Crippen molar-refractivity contribution in [3.8, 4) is 11.3 Å². The van der Waals surface area contributed by atoms with Gasteiger partial charge in [0.1, 0.15) is 0 Å². The third-order valence-corrected chi connectivity index (χ3v) is 12.3. The monoisotopic (exact) mass is 800 g/mol. The van der Waals surface area contributed by atoms with Crippen LogP contribution in [0.3, 0.4) is 0 Å². The van der Waals surface area contributed by atoms with Crippen molar-refractivity contribution in [2.75, 3.05) is 26.2 Å². The summed E-state index contributed by atoms with van der Waals surface area (Å²) in [6.45, 7) is 1.12. The van der Waals surface area contributed by atoms with Gasteiger partial charge >= 0.3 is 6.18 Å². The van der Waals surface area contributed by atoms with E-state index >= 15 is 0 Å². The van der Waals surface area contributed by atoms with E-state index in [-0.39, 0.29) is 66.7 Å². The van der Waals surface area contributed by atoms with Gasteiger partial charge in [-0.15, -0.1) is 0 Å². The molecule has 2 aliphatic carbocycles. The van der Waals surface area contributed by atoms with Gasteiger partial charge < -0.3 is 25.0 Å². The Kier molecular flexibility index (Phi) is 10.1. The van der Waals surface area contributed by atoms with Crippen LogP contribution >= 0.6 is 0 Å². The number of carbonyl (C=O) groups excluding carboxylic acids is 4. The number of likely N-dealkylation sites (tertiary alicyclic amines) is 2. The molecule has 13 heteroatoms. The fourth-order valence-corrected chi connectivity index (χ4v) is 8.73. The molecule has 4 aromatic carbocycles. The van der Waals surface area contributed by atoms with Crippen molar-refractivity contribution in [1.29, 1.82) is 0 Å². The molecule has 2 aliphatic heterocycles. The summed E-state index contributed by atoms with van der Waals surface area (Å²) in [7, 11) is 0. The number of amides is 4. The Balaban J connectivity index is 0.833. The topological polar surface area (TPSA) is 117 Å². The quantitative estimate of drug-likeness (QED) is 0.164. The van der Waals surface area contributed by atoms with E-state index in [9.17, 15) is 32.3 Å². The molecule has 0 unspecified atom stereocenters. The minimum Gasteiger partial charge on any atom is -0.352 e. The number of hydrogen-bond acceptors (Lipinski definition) is 5. The van der Waals surface area contributed by atoms with Crippen LogP contribution in [0.15, 0.2) is 122 Å². The summed E-state index contributed by atoms with van der Waals surface area (Å²) < 4.78 is 40.9. The van der Waals surface area contributed by atoms with Gasteiger partial charge in [0.25, 0.3) is 11.8 Å². The first kappa shape index (κ1) is 38.3.